The molecule has 1 aromatic rings. The van der Waals surface area contributed by atoms with Crippen molar-refractivity contribution < 1.29 is 4.74 Å². The first-order valence-electron chi connectivity index (χ1n) is 7.36. The van der Waals surface area contributed by atoms with Crippen molar-refractivity contribution in [2.45, 2.75) is 45.6 Å². The van der Waals surface area contributed by atoms with Crippen LogP contribution in [0.2, 0.25) is 5.02 Å². The molecule has 0 spiro atoms. The lowest BCUT2D eigenvalue weighted by molar-refractivity contribution is 0.252. The predicted octanol–water partition coefficient (Wildman–Crippen LogP) is 4.58. The maximum atomic E-state index is 6.34. The van der Waals surface area contributed by atoms with Crippen LogP contribution in [0.25, 0.3) is 0 Å². The van der Waals surface area contributed by atoms with Gasteiger partial charge in [-0.3, -0.25) is 0 Å². The number of benzene rings is 1. The lowest BCUT2D eigenvalue weighted by Gasteiger charge is -2.16. The minimum atomic E-state index is 0.279. The Bertz CT molecular complexity index is 402. The molecule has 1 aromatic carbocycles. The summed E-state index contributed by atoms with van der Waals surface area (Å²) in [6, 6.07) is 6.32. The highest BCUT2D eigenvalue weighted by atomic mass is 35.5. The molecule has 1 atom stereocenters. The zero-order valence-electron chi connectivity index (χ0n) is 11.9. The van der Waals surface area contributed by atoms with E-state index in [2.05, 4.69) is 25.2 Å². The summed E-state index contributed by atoms with van der Waals surface area (Å²) in [7, 11) is 0. The highest BCUT2D eigenvalue weighted by Crippen LogP contribution is 2.29. The molecule has 1 aliphatic rings. The molecule has 0 radical (unpaired) electrons. The highest BCUT2D eigenvalue weighted by molar-refractivity contribution is 6.31. The van der Waals surface area contributed by atoms with Crippen LogP contribution in [0.1, 0.15) is 51.1 Å². The molecule has 2 rings (SSSR count). The maximum absolute atomic E-state index is 6.34. The van der Waals surface area contributed by atoms with Gasteiger partial charge >= 0.3 is 0 Å². The molecular weight excluding hydrogens is 258 g/mol. The number of nitrogens with one attached hydrogen (secondary N) is 1. The van der Waals surface area contributed by atoms with Crippen LogP contribution >= 0.6 is 11.6 Å². The molecule has 1 saturated carbocycles. The van der Waals surface area contributed by atoms with Gasteiger partial charge in [-0.05, 0) is 49.9 Å². The fraction of sp³-hybridized carbons (Fsp3) is 0.625. The Morgan fingerprint density at radius 1 is 1.37 bits per heavy atom. The van der Waals surface area contributed by atoms with Crippen LogP contribution in [0.5, 0.6) is 5.75 Å². The molecule has 3 heteroatoms. The lowest BCUT2D eigenvalue weighted by atomic mass is 10.1. The molecule has 0 heterocycles. The van der Waals surface area contributed by atoms with Crippen LogP contribution in [-0.4, -0.2) is 13.2 Å². The van der Waals surface area contributed by atoms with Crippen LogP contribution in [0.3, 0.4) is 0 Å². The SMILES string of the molecule is CCNC(C)c1ccc(OCC2CCCC2)cc1Cl. The van der Waals surface area contributed by atoms with Gasteiger partial charge in [-0.2, -0.15) is 0 Å². The summed E-state index contributed by atoms with van der Waals surface area (Å²) < 4.78 is 5.86. The fourth-order valence-electron chi connectivity index (χ4n) is 2.76. The molecule has 0 bridgehead atoms. The Kier molecular flexibility index (Phi) is 5.53. The molecule has 19 heavy (non-hydrogen) atoms. The first-order valence-corrected chi connectivity index (χ1v) is 7.74. The van der Waals surface area contributed by atoms with Crippen LogP contribution in [-0.2, 0) is 0 Å². The van der Waals surface area contributed by atoms with E-state index in [9.17, 15) is 0 Å². The second-order valence-corrected chi connectivity index (χ2v) is 5.83. The Morgan fingerprint density at radius 3 is 2.74 bits per heavy atom. The van der Waals surface area contributed by atoms with Gasteiger partial charge in [-0.15, -0.1) is 0 Å². The van der Waals surface area contributed by atoms with E-state index < -0.39 is 0 Å². The van der Waals surface area contributed by atoms with Gasteiger partial charge < -0.3 is 10.1 Å². The Balaban J connectivity index is 1.93. The number of rotatable bonds is 6. The summed E-state index contributed by atoms with van der Waals surface area (Å²) in [6.07, 6.45) is 5.33. The van der Waals surface area contributed by atoms with Crippen molar-refractivity contribution in [1.29, 1.82) is 0 Å². The number of halogens is 1. The second kappa shape index (κ2) is 7.16. The summed E-state index contributed by atoms with van der Waals surface area (Å²) in [5.41, 5.74) is 1.14. The molecule has 0 saturated heterocycles. The normalized spacial score (nSPS) is 17.6. The van der Waals surface area contributed by atoms with Gasteiger partial charge in [0.15, 0.2) is 0 Å². The average molecular weight is 282 g/mol. The Hall–Kier alpha value is -0.730. The molecule has 106 valence electrons. The summed E-state index contributed by atoms with van der Waals surface area (Å²) in [5, 5.41) is 4.16. The second-order valence-electron chi connectivity index (χ2n) is 5.42. The topological polar surface area (TPSA) is 21.3 Å². The van der Waals surface area contributed by atoms with Gasteiger partial charge in [-0.25, -0.2) is 0 Å². The van der Waals surface area contributed by atoms with Crippen molar-refractivity contribution >= 4 is 11.6 Å². The van der Waals surface area contributed by atoms with Crippen LogP contribution in [0, 0.1) is 5.92 Å². The fourth-order valence-corrected chi connectivity index (χ4v) is 3.09. The van der Waals surface area contributed by atoms with Gasteiger partial charge in [-0.1, -0.05) is 37.4 Å². The lowest BCUT2D eigenvalue weighted by Crippen LogP contribution is -2.18. The van der Waals surface area contributed by atoms with Crippen molar-refractivity contribution in [2.24, 2.45) is 5.92 Å². The average Bonchev–Trinajstić information content (AvgIpc) is 2.89. The molecule has 1 unspecified atom stereocenters. The summed E-state index contributed by atoms with van der Waals surface area (Å²) in [5.74, 6) is 1.63. The van der Waals surface area contributed by atoms with E-state index in [1.807, 2.05) is 12.1 Å². The third-order valence-corrected chi connectivity index (χ3v) is 4.24. The van der Waals surface area contributed by atoms with E-state index in [0.717, 1.165) is 35.4 Å². The maximum Gasteiger partial charge on any atom is 0.120 e. The summed E-state index contributed by atoms with van der Waals surface area (Å²) >= 11 is 6.34. The Labute approximate surface area is 121 Å². The van der Waals surface area contributed by atoms with Gasteiger partial charge in [0.2, 0.25) is 0 Å². The number of ether oxygens (including phenoxy) is 1. The van der Waals surface area contributed by atoms with Crippen LogP contribution < -0.4 is 10.1 Å². The predicted molar refractivity (Wildman–Crippen MR) is 81.0 cm³/mol. The zero-order chi connectivity index (χ0) is 13.7. The van der Waals surface area contributed by atoms with Crippen molar-refractivity contribution in [1.82, 2.24) is 5.32 Å². The van der Waals surface area contributed by atoms with Gasteiger partial charge in [0, 0.05) is 11.1 Å². The van der Waals surface area contributed by atoms with Crippen LogP contribution in [0.15, 0.2) is 18.2 Å². The van der Waals surface area contributed by atoms with E-state index in [4.69, 9.17) is 16.3 Å². The van der Waals surface area contributed by atoms with E-state index >= 15 is 0 Å². The molecule has 1 aliphatic carbocycles. The van der Waals surface area contributed by atoms with Gasteiger partial charge in [0.1, 0.15) is 5.75 Å². The minimum absolute atomic E-state index is 0.279. The Morgan fingerprint density at radius 2 is 2.11 bits per heavy atom. The quantitative estimate of drug-likeness (QED) is 0.824. The van der Waals surface area contributed by atoms with E-state index in [0.29, 0.717) is 0 Å². The first-order chi connectivity index (χ1) is 9.20. The monoisotopic (exact) mass is 281 g/mol. The third kappa shape index (κ3) is 4.12. The molecule has 1 fully saturated rings. The van der Waals surface area contributed by atoms with Crippen molar-refractivity contribution in [2.75, 3.05) is 13.2 Å². The molecule has 2 nitrogen and oxygen atoms in total. The minimum Gasteiger partial charge on any atom is -0.493 e. The first kappa shape index (κ1) is 14.7. The summed E-state index contributed by atoms with van der Waals surface area (Å²) in [4.78, 5) is 0. The highest BCUT2D eigenvalue weighted by Gasteiger charge is 2.16. The van der Waals surface area contributed by atoms with E-state index in [-0.39, 0.29) is 6.04 Å². The third-order valence-electron chi connectivity index (χ3n) is 3.91. The van der Waals surface area contributed by atoms with Crippen LogP contribution in [0.4, 0.5) is 0 Å². The molecule has 1 N–H and O–H groups in total. The number of hydrogen-bond acceptors (Lipinski definition) is 2. The molecule has 0 aliphatic heterocycles. The smallest absolute Gasteiger partial charge is 0.120 e. The van der Waals surface area contributed by atoms with E-state index in [1.54, 1.807) is 0 Å². The van der Waals surface area contributed by atoms with Crippen molar-refractivity contribution in [3.63, 3.8) is 0 Å². The van der Waals surface area contributed by atoms with Crippen molar-refractivity contribution in [3.05, 3.63) is 28.8 Å². The molecule has 0 aromatic heterocycles. The molecular formula is C16H24ClNO. The summed E-state index contributed by atoms with van der Waals surface area (Å²) in [6.45, 7) is 6.00. The van der Waals surface area contributed by atoms with Crippen molar-refractivity contribution in [3.8, 4) is 5.75 Å². The number of hydrogen-bond donors (Lipinski definition) is 1. The molecule has 0 amide bonds. The largest absolute Gasteiger partial charge is 0.493 e. The zero-order valence-corrected chi connectivity index (χ0v) is 12.7. The van der Waals surface area contributed by atoms with Gasteiger partial charge in [0.25, 0.3) is 0 Å². The van der Waals surface area contributed by atoms with E-state index in [1.165, 1.54) is 25.7 Å². The van der Waals surface area contributed by atoms with Gasteiger partial charge in [0.05, 0.1) is 6.61 Å². The standard InChI is InChI=1S/C16H24ClNO/c1-3-18-12(2)15-9-8-14(10-16(15)17)19-11-13-6-4-5-7-13/h8-10,12-13,18H,3-7,11H2,1-2H3.